The molecular weight excluding hydrogens is 924 g/mol. The molecule has 0 saturated carbocycles. The summed E-state index contributed by atoms with van der Waals surface area (Å²) >= 11 is 15.0. The lowest BCUT2D eigenvalue weighted by molar-refractivity contribution is -0.137. The molecule has 6 heterocycles. The van der Waals surface area contributed by atoms with Crippen LogP contribution in [0.15, 0.2) is 60.9 Å². The summed E-state index contributed by atoms with van der Waals surface area (Å²) in [5.74, 6) is 2.84. The molecule has 342 valence electrons. The molecule has 2 fully saturated rings. The lowest BCUT2D eigenvalue weighted by Crippen LogP contribution is -2.50. The Labute approximate surface area is 398 Å². The van der Waals surface area contributed by atoms with Gasteiger partial charge in [0.1, 0.15) is 44.7 Å². The number of aromatic nitrogens is 6. The molecule has 0 unspecified atom stereocenters. The number of hydrogen-bond acceptors (Lipinski definition) is 16. The topological polar surface area (TPSA) is 207 Å². The van der Waals surface area contributed by atoms with Crippen LogP contribution in [-0.4, -0.2) is 116 Å². The van der Waals surface area contributed by atoms with Crippen LogP contribution in [0.25, 0.3) is 0 Å². The second-order valence-electron chi connectivity index (χ2n) is 15.6. The molecule has 4 amide bonds. The summed E-state index contributed by atoms with van der Waals surface area (Å²) in [5.41, 5.74) is 2.83. The highest BCUT2D eigenvalue weighted by Crippen LogP contribution is 2.31. The molecule has 22 heteroatoms. The number of para-hydroxylation sites is 2. The van der Waals surface area contributed by atoms with Gasteiger partial charge in [-0.15, -0.1) is 0 Å². The Morgan fingerprint density at radius 3 is 1.35 bits per heavy atom. The third kappa shape index (κ3) is 11.1. The van der Waals surface area contributed by atoms with Crippen molar-refractivity contribution in [1.29, 1.82) is 0 Å². The van der Waals surface area contributed by atoms with Crippen LogP contribution in [0.5, 0.6) is 0 Å². The highest BCUT2D eigenvalue weighted by atomic mass is 35.5. The molecule has 4 aromatic heterocycles. The van der Waals surface area contributed by atoms with Crippen molar-refractivity contribution in [2.45, 2.75) is 40.5 Å². The standard InChI is InChI=1S/C44H46Cl2N14O4S2/c1-25-7-5-9-29(45)39(25)55-41(63)31-23-47-43(65-31)53-33-21-35(51-27(3)49-33)57-13-17-59(18-14-57)37(61)11-12-38(62)60-19-15-58(16-20-60)36-22-34(50-28(4)52-36)54-44-48-24-32(66-44)42(64)56-40-26(2)8-6-10-30(40)46/h5-10,21-24H,11-20H2,1-4H3,(H,55,63)(H,56,64)(H,47,49,51,53)(H,48,50,52,54). The number of piperazine rings is 2. The number of hydrogen-bond donors (Lipinski definition) is 4. The van der Waals surface area contributed by atoms with Crippen LogP contribution >= 0.6 is 45.9 Å². The number of carbonyl (C=O) groups excluding carboxylic acids is 4. The van der Waals surface area contributed by atoms with Crippen molar-refractivity contribution >= 4 is 114 Å². The van der Waals surface area contributed by atoms with Crippen LogP contribution in [0.1, 0.15) is 55.0 Å². The number of anilines is 8. The summed E-state index contributed by atoms with van der Waals surface area (Å²) in [6, 6.07) is 14.5. The fraction of sp³-hybridized carbons (Fsp3) is 0.318. The zero-order chi connectivity index (χ0) is 46.5. The van der Waals surface area contributed by atoms with Crippen molar-refractivity contribution in [2.24, 2.45) is 0 Å². The molecule has 2 saturated heterocycles. The first kappa shape index (κ1) is 46.1. The summed E-state index contributed by atoms with van der Waals surface area (Å²) in [7, 11) is 0. The van der Waals surface area contributed by atoms with Gasteiger partial charge in [-0.1, -0.05) is 70.1 Å². The van der Waals surface area contributed by atoms with E-state index >= 15 is 0 Å². The lowest BCUT2D eigenvalue weighted by Gasteiger charge is -2.36. The molecular formula is C44H46Cl2N14O4S2. The number of halogens is 2. The number of nitrogens with zero attached hydrogens (tertiary/aromatic N) is 10. The van der Waals surface area contributed by atoms with Crippen LogP contribution < -0.4 is 31.1 Å². The molecule has 0 bridgehead atoms. The van der Waals surface area contributed by atoms with E-state index in [1.54, 1.807) is 35.8 Å². The van der Waals surface area contributed by atoms with Crippen molar-refractivity contribution in [3.8, 4) is 0 Å². The predicted octanol–water partition coefficient (Wildman–Crippen LogP) is 7.49. The molecule has 0 aliphatic carbocycles. The summed E-state index contributed by atoms with van der Waals surface area (Å²) in [6.07, 6.45) is 3.26. The van der Waals surface area contributed by atoms with E-state index in [1.807, 2.05) is 50.2 Å². The highest BCUT2D eigenvalue weighted by Gasteiger charge is 2.27. The second-order valence-corrected chi connectivity index (χ2v) is 18.5. The number of nitrogens with one attached hydrogen (secondary N) is 4. The van der Waals surface area contributed by atoms with Crippen molar-refractivity contribution in [3.05, 3.63) is 103 Å². The van der Waals surface area contributed by atoms with Gasteiger partial charge in [0.25, 0.3) is 11.8 Å². The van der Waals surface area contributed by atoms with Gasteiger partial charge >= 0.3 is 0 Å². The molecule has 0 spiro atoms. The Balaban J connectivity index is 0.774. The summed E-state index contributed by atoms with van der Waals surface area (Å²) in [6.45, 7) is 11.6. The van der Waals surface area contributed by atoms with Gasteiger partial charge in [-0.05, 0) is 51.0 Å². The molecule has 2 aliphatic rings. The van der Waals surface area contributed by atoms with Gasteiger partial charge in [-0.25, -0.2) is 29.9 Å². The Kier molecular flexibility index (Phi) is 14.2. The smallest absolute Gasteiger partial charge is 0.267 e. The minimum absolute atomic E-state index is 0.0590. The van der Waals surface area contributed by atoms with E-state index < -0.39 is 0 Å². The number of carbonyl (C=O) groups is 4. The second kappa shape index (κ2) is 20.4. The van der Waals surface area contributed by atoms with Gasteiger partial charge in [0.05, 0.1) is 33.8 Å². The SMILES string of the molecule is Cc1nc(Nc2ncc(C(=O)Nc3c(C)cccc3Cl)s2)cc(N2CCN(C(=O)CCC(=O)N3CCN(c4cc(Nc5ncc(C(=O)Nc6c(C)cccc6Cl)s5)nc(C)n4)CC3)CC2)n1. The molecule has 8 rings (SSSR count). The van der Waals surface area contributed by atoms with Crippen LogP contribution in [-0.2, 0) is 9.59 Å². The summed E-state index contributed by atoms with van der Waals surface area (Å²) in [5, 5.41) is 14.0. The Hall–Kier alpha value is -6.48. The van der Waals surface area contributed by atoms with Crippen molar-refractivity contribution in [1.82, 2.24) is 39.7 Å². The normalized spacial score (nSPS) is 14.0. The fourth-order valence-corrected chi connectivity index (χ4v) is 9.45. The van der Waals surface area contributed by atoms with Gasteiger partial charge in [-0.2, -0.15) is 0 Å². The molecule has 6 aromatic rings. The molecule has 66 heavy (non-hydrogen) atoms. The van der Waals surface area contributed by atoms with Crippen LogP contribution in [0.2, 0.25) is 10.0 Å². The van der Waals surface area contributed by atoms with Crippen molar-refractivity contribution in [2.75, 3.05) is 83.4 Å². The average molecular weight is 970 g/mol. The quantitative estimate of drug-likeness (QED) is 0.0885. The van der Waals surface area contributed by atoms with E-state index in [0.29, 0.717) is 129 Å². The summed E-state index contributed by atoms with van der Waals surface area (Å²) in [4.78, 5) is 88.2. The minimum Gasteiger partial charge on any atom is -0.353 e. The number of aryl methyl sites for hydroxylation is 4. The van der Waals surface area contributed by atoms with Crippen LogP contribution in [0.3, 0.4) is 0 Å². The van der Waals surface area contributed by atoms with Gasteiger partial charge in [0.2, 0.25) is 11.8 Å². The first-order chi connectivity index (χ1) is 31.8. The fourth-order valence-electron chi connectivity index (χ4n) is 7.48. The van der Waals surface area contributed by atoms with E-state index in [4.69, 9.17) is 23.2 Å². The molecule has 0 radical (unpaired) electrons. The van der Waals surface area contributed by atoms with E-state index in [0.717, 1.165) is 11.1 Å². The predicted molar refractivity (Wildman–Crippen MR) is 259 cm³/mol. The van der Waals surface area contributed by atoms with E-state index in [9.17, 15) is 19.2 Å². The van der Waals surface area contributed by atoms with E-state index in [2.05, 4.69) is 61.0 Å². The summed E-state index contributed by atoms with van der Waals surface area (Å²) < 4.78 is 0. The molecule has 0 atom stereocenters. The first-order valence-electron chi connectivity index (χ1n) is 21.1. The first-order valence-corrected chi connectivity index (χ1v) is 23.5. The maximum Gasteiger partial charge on any atom is 0.267 e. The lowest BCUT2D eigenvalue weighted by atomic mass is 10.2. The van der Waals surface area contributed by atoms with E-state index in [-0.39, 0.29) is 36.5 Å². The highest BCUT2D eigenvalue weighted by molar-refractivity contribution is 7.18. The Morgan fingerprint density at radius 2 is 0.970 bits per heavy atom. The third-order valence-electron chi connectivity index (χ3n) is 11.0. The van der Waals surface area contributed by atoms with E-state index in [1.165, 1.54) is 35.1 Å². The molecule has 4 N–H and O–H groups in total. The maximum absolute atomic E-state index is 13.3. The van der Waals surface area contributed by atoms with Crippen molar-refractivity contribution in [3.63, 3.8) is 0 Å². The van der Waals surface area contributed by atoms with Gasteiger partial charge in [-0.3, -0.25) is 19.2 Å². The van der Waals surface area contributed by atoms with Crippen molar-refractivity contribution < 1.29 is 19.2 Å². The molecule has 18 nitrogen and oxygen atoms in total. The Morgan fingerprint density at radius 1 is 0.576 bits per heavy atom. The number of rotatable bonds is 13. The number of thiazole rings is 2. The van der Waals surface area contributed by atoms with Crippen LogP contribution in [0.4, 0.5) is 44.9 Å². The number of benzene rings is 2. The molecule has 2 aliphatic heterocycles. The Bertz CT molecular complexity index is 2560. The zero-order valence-electron chi connectivity index (χ0n) is 36.5. The van der Waals surface area contributed by atoms with Gasteiger partial charge in [0.15, 0.2) is 10.3 Å². The maximum atomic E-state index is 13.3. The molecule has 2 aromatic carbocycles. The monoisotopic (exact) mass is 968 g/mol. The average Bonchev–Trinajstić information content (AvgIpc) is 3.98. The van der Waals surface area contributed by atoms with Gasteiger partial charge < -0.3 is 40.9 Å². The minimum atomic E-state index is -0.315. The van der Waals surface area contributed by atoms with Gasteiger partial charge in [0, 0.05) is 77.3 Å². The zero-order valence-corrected chi connectivity index (χ0v) is 39.7. The van der Waals surface area contributed by atoms with Crippen LogP contribution in [0, 0.1) is 27.7 Å². The third-order valence-corrected chi connectivity index (χ3v) is 13.4. The number of amides is 4. The largest absolute Gasteiger partial charge is 0.353 e.